The predicted molar refractivity (Wildman–Crippen MR) is 64.6 cm³/mol. The van der Waals surface area contributed by atoms with E-state index in [2.05, 4.69) is 12.2 Å². The molecule has 16 heavy (non-hydrogen) atoms. The molecule has 0 bridgehead atoms. The molecular formula is C12H25NO3. The van der Waals surface area contributed by atoms with Crippen LogP contribution >= 0.6 is 0 Å². The van der Waals surface area contributed by atoms with Crippen LogP contribution in [-0.2, 0) is 9.47 Å². The summed E-state index contributed by atoms with van der Waals surface area (Å²) >= 11 is 0. The van der Waals surface area contributed by atoms with Gasteiger partial charge < -0.3 is 14.8 Å². The summed E-state index contributed by atoms with van der Waals surface area (Å²) < 4.78 is 10.6. The van der Waals surface area contributed by atoms with E-state index in [-0.39, 0.29) is 6.09 Å². The van der Waals surface area contributed by atoms with Crippen LogP contribution in [0, 0.1) is 0 Å². The Morgan fingerprint density at radius 3 is 2.50 bits per heavy atom. The van der Waals surface area contributed by atoms with E-state index in [4.69, 9.17) is 9.47 Å². The number of carbonyl (C=O) groups excluding carboxylic acids is 1. The summed E-state index contributed by atoms with van der Waals surface area (Å²) in [5.74, 6) is 0. The molecule has 4 heteroatoms. The van der Waals surface area contributed by atoms with Crippen LogP contribution in [0.15, 0.2) is 0 Å². The van der Waals surface area contributed by atoms with Crippen molar-refractivity contribution in [3.8, 4) is 0 Å². The van der Waals surface area contributed by atoms with E-state index >= 15 is 0 Å². The highest BCUT2D eigenvalue weighted by molar-refractivity contribution is 5.67. The van der Waals surface area contributed by atoms with E-state index in [0.29, 0.717) is 19.3 Å². The van der Waals surface area contributed by atoms with Gasteiger partial charge >= 0.3 is 6.09 Å². The van der Waals surface area contributed by atoms with Crippen molar-refractivity contribution in [3.63, 3.8) is 0 Å². The van der Waals surface area contributed by atoms with E-state index in [1.165, 1.54) is 0 Å². The first-order valence-corrected chi connectivity index (χ1v) is 5.93. The van der Waals surface area contributed by atoms with Crippen LogP contribution in [0.5, 0.6) is 0 Å². The summed E-state index contributed by atoms with van der Waals surface area (Å²) in [6.45, 7) is 10.9. The molecule has 1 N–H and O–H groups in total. The van der Waals surface area contributed by atoms with Gasteiger partial charge in [0.2, 0.25) is 0 Å². The Kier molecular flexibility index (Phi) is 7.13. The molecular weight excluding hydrogens is 206 g/mol. The van der Waals surface area contributed by atoms with Crippen molar-refractivity contribution in [2.45, 2.75) is 59.2 Å². The van der Waals surface area contributed by atoms with E-state index in [9.17, 15) is 4.79 Å². The molecule has 4 nitrogen and oxygen atoms in total. The van der Waals surface area contributed by atoms with Crippen molar-refractivity contribution < 1.29 is 14.3 Å². The van der Waals surface area contributed by atoms with Crippen molar-refractivity contribution in [2.75, 3.05) is 13.2 Å². The highest BCUT2D eigenvalue weighted by Gasteiger charge is 2.15. The maximum absolute atomic E-state index is 11.2. The highest BCUT2D eigenvalue weighted by Crippen LogP contribution is 2.06. The minimum Gasteiger partial charge on any atom is -0.444 e. The lowest BCUT2D eigenvalue weighted by atomic mass is 10.2. The number of carbonyl (C=O) groups is 1. The smallest absolute Gasteiger partial charge is 0.407 e. The van der Waals surface area contributed by atoms with Gasteiger partial charge in [0, 0.05) is 13.2 Å². The lowest BCUT2D eigenvalue weighted by Gasteiger charge is -2.19. The minimum absolute atomic E-state index is 0.293. The van der Waals surface area contributed by atoms with E-state index in [1.54, 1.807) is 0 Å². The van der Waals surface area contributed by atoms with Crippen LogP contribution in [0.4, 0.5) is 4.79 Å². The summed E-state index contributed by atoms with van der Waals surface area (Å²) in [5.41, 5.74) is -0.433. The molecule has 0 aliphatic heterocycles. The van der Waals surface area contributed by atoms with Crippen LogP contribution in [0.25, 0.3) is 0 Å². The summed E-state index contributed by atoms with van der Waals surface area (Å²) in [6.07, 6.45) is 1.75. The van der Waals surface area contributed by atoms with Gasteiger partial charge in [0.05, 0.1) is 6.10 Å². The lowest BCUT2D eigenvalue weighted by Crippen LogP contribution is -2.33. The van der Waals surface area contributed by atoms with Crippen molar-refractivity contribution in [3.05, 3.63) is 0 Å². The second-order valence-electron chi connectivity index (χ2n) is 4.87. The Bertz CT molecular complexity index is 199. The zero-order valence-electron chi connectivity index (χ0n) is 11.1. The number of ether oxygens (including phenoxy) is 2. The Hall–Kier alpha value is -0.770. The molecule has 0 radical (unpaired) electrons. The molecule has 0 unspecified atom stereocenters. The zero-order chi connectivity index (χ0) is 12.6. The first-order chi connectivity index (χ1) is 7.35. The Labute approximate surface area is 98.7 Å². The fourth-order valence-electron chi connectivity index (χ4n) is 0.979. The minimum atomic E-state index is -0.433. The van der Waals surface area contributed by atoms with Crippen LogP contribution in [0.3, 0.4) is 0 Å². The summed E-state index contributed by atoms with van der Waals surface area (Å²) in [7, 11) is 0. The van der Waals surface area contributed by atoms with Crippen molar-refractivity contribution in [2.24, 2.45) is 0 Å². The first kappa shape index (κ1) is 15.2. The molecule has 1 atom stereocenters. The average Bonchev–Trinajstić information content (AvgIpc) is 2.14. The lowest BCUT2D eigenvalue weighted by molar-refractivity contribution is 0.0487. The molecule has 0 saturated carbocycles. The van der Waals surface area contributed by atoms with Gasteiger partial charge in [-0.15, -0.1) is 0 Å². The van der Waals surface area contributed by atoms with Gasteiger partial charge in [0.25, 0.3) is 0 Å². The topological polar surface area (TPSA) is 47.6 Å². The molecule has 0 fully saturated rings. The molecule has 0 aliphatic rings. The Balaban J connectivity index is 3.42. The predicted octanol–water partition coefficient (Wildman–Crippen LogP) is 2.72. The number of alkyl carbamates (subject to hydrolysis) is 1. The number of hydrogen-bond acceptors (Lipinski definition) is 3. The number of rotatable bonds is 6. The summed E-state index contributed by atoms with van der Waals surface area (Å²) in [4.78, 5) is 11.2. The summed E-state index contributed by atoms with van der Waals surface area (Å²) in [5, 5.41) is 2.69. The van der Waals surface area contributed by atoms with Gasteiger partial charge in [0.1, 0.15) is 5.60 Å². The van der Waals surface area contributed by atoms with Crippen molar-refractivity contribution >= 4 is 6.09 Å². The van der Waals surface area contributed by atoms with Gasteiger partial charge in [-0.25, -0.2) is 4.79 Å². The van der Waals surface area contributed by atoms with Crippen LogP contribution in [0.2, 0.25) is 0 Å². The first-order valence-electron chi connectivity index (χ1n) is 5.93. The molecule has 1 amide bonds. The largest absolute Gasteiger partial charge is 0.444 e. The number of nitrogens with one attached hydrogen (secondary N) is 1. The molecule has 0 aromatic rings. The maximum Gasteiger partial charge on any atom is 0.407 e. The fraction of sp³-hybridized carbons (Fsp3) is 0.917. The third kappa shape index (κ3) is 9.77. The van der Waals surface area contributed by atoms with Crippen LogP contribution in [0.1, 0.15) is 47.5 Å². The van der Waals surface area contributed by atoms with Crippen molar-refractivity contribution in [1.82, 2.24) is 5.32 Å². The number of hydrogen-bond donors (Lipinski definition) is 1. The van der Waals surface area contributed by atoms with Gasteiger partial charge in [-0.2, -0.15) is 0 Å². The third-order valence-electron chi connectivity index (χ3n) is 1.97. The van der Waals surface area contributed by atoms with E-state index in [1.807, 2.05) is 27.7 Å². The Morgan fingerprint density at radius 2 is 2.00 bits per heavy atom. The van der Waals surface area contributed by atoms with E-state index < -0.39 is 5.60 Å². The molecule has 0 heterocycles. The van der Waals surface area contributed by atoms with Gasteiger partial charge in [-0.3, -0.25) is 0 Å². The standard InChI is InChI=1S/C12H25NO3/c1-6-10(2)15-9-7-8-13-11(14)16-12(3,4)5/h10H,6-9H2,1-5H3,(H,13,14)/t10-/m0/s1. The van der Waals surface area contributed by atoms with Crippen LogP contribution in [-0.4, -0.2) is 30.9 Å². The second kappa shape index (κ2) is 7.49. The summed E-state index contributed by atoms with van der Waals surface area (Å²) in [6, 6.07) is 0. The molecule has 0 aromatic carbocycles. The highest BCUT2D eigenvalue weighted by atomic mass is 16.6. The second-order valence-corrected chi connectivity index (χ2v) is 4.87. The molecule has 0 aliphatic carbocycles. The maximum atomic E-state index is 11.2. The molecule has 0 aromatic heterocycles. The van der Waals surface area contributed by atoms with Gasteiger partial charge in [0.15, 0.2) is 0 Å². The normalized spacial score (nSPS) is 13.3. The molecule has 0 spiro atoms. The average molecular weight is 231 g/mol. The molecule has 0 rings (SSSR count). The van der Waals surface area contributed by atoms with E-state index in [0.717, 1.165) is 12.8 Å². The molecule has 96 valence electrons. The van der Waals surface area contributed by atoms with Gasteiger partial charge in [-0.05, 0) is 40.5 Å². The SMILES string of the molecule is CC[C@H](C)OCCCNC(=O)OC(C)(C)C. The quantitative estimate of drug-likeness (QED) is 0.715. The third-order valence-corrected chi connectivity index (χ3v) is 1.97. The Morgan fingerprint density at radius 1 is 1.38 bits per heavy atom. The molecule has 0 saturated heterocycles. The van der Waals surface area contributed by atoms with Gasteiger partial charge in [-0.1, -0.05) is 6.92 Å². The fourth-order valence-corrected chi connectivity index (χ4v) is 0.979. The van der Waals surface area contributed by atoms with Crippen LogP contribution < -0.4 is 5.32 Å². The van der Waals surface area contributed by atoms with Crippen molar-refractivity contribution in [1.29, 1.82) is 0 Å². The monoisotopic (exact) mass is 231 g/mol. The zero-order valence-corrected chi connectivity index (χ0v) is 11.1. The number of amides is 1.